The van der Waals surface area contributed by atoms with E-state index in [2.05, 4.69) is 106 Å². The van der Waals surface area contributed by atoms with Crippen molar-refractivity contribution in [3.05, 3.63) is 85.1 Å². The normalized spacial score (nSPS) is 12.7. The molecular weight excluding hydrogens is 829 g/mol. The molecular formula is C61H104O6. The average molecular weight is 933 g/mol. The molecule has 0 fully saturated rings. The van der Waals surface area contributed by atoms with Crippen LogP contribution in [0.15, 0.2) is 85.1 Å². The predicted octanol–water partition coefficient (Wildman–Crippen LogP) is 18.8. The summed E-state index contributed by atoms with van der Waals surface area (Å²) in [6.45, 7) is 6.47. The minimum absolute atomic E-state index is 0.0889. The van der Waals surface area contributed by atoms with Crippen molar-refractivity contribution in [3.8, 4) is 0 Å². The second-order valence-corrected chi connectivity index (χ2v) is 18.5. The zero-order valence-electron chi connectivity index (χ0n) is 43.9. The first-order chi connectivity index (χ1) is 33.0. The number of esters is 3. The van der Waals surface area contributed by atoms with E-state index in [-0.39, 0.29) is 31.1 Å². The molecule has 0 aromatic heterocycles. The van der Waals surface area contributed by atoms with Crippen LogP contribution in [0.4, 0.5) is 0 Å². The van der Waals surface area contributed by atoms with E-state index in [9.17, 15) is 14.4 Å². The summed E-state index contributed by atoms with van der Waals surface area (Å²) in [5.74, 6) is -0.916. The van der Waals surface area contributed by atoms with Crippen LogP contribution in [0.3, 0.4) is 0 Å². The molecule has 1 unspecified atom stereocenters. The van der Waals surface area contributed by atoms with E-state index in [0.717, 1.165) is 109 Å². The number of unbranched alkanes of at least 4 members (excludes halogenated alkanes) is 25. The Balaban J connectivity index is 4.41. The summed E-state index contributed by atoms with van der Waals surface area (Å²) in [7, 11) is 0. The Morgan fingerprint density at radius 2 is 0.582 bits per heavy atom. The van der Waals surface area contributed by atoms with Crippen molar-refractivity contribution in [3.63, 3.8) is 0 Å². The van der Waals surface area contributed by atoms with Crippen molar-refractivity contribution in [2.24, 2.45) is 0 Å². The van der Waals surface area contributed by atoms with Gasteiger partial charge in [0.2, 0.25) is 0 Å². The van der Waals surface area contributed by atoms with Crippen LogP contribution in [0.1, 0.15) is 265 Å². The lowest BCUT2D eigenvalue weighted by Crippen LogP contribution is -2.30. The number of carbonyl (C=O) groups excluding carboxylic acids is 3. The third-order valence-corrected chi connectivity index (χ3v) is 11.9. The Morgan fingerprint density at radius 1 is 0.313 bits per heavy atom. The molecule has 6 nitrogen and oxygen atoms in total. The maximum atomic E-state index is 12.8. The lowest BCUT2D eigenvalue weighted by Gasteiger charge is -2.18. The minimum atomic E-state index is -0.791. The Morgan fingerprint density at radius 3 is 0.955 bits per heavy atom. The largest absolute Gasteiger partial charge is 0.462 e. The number of ether oxygens (including phenoxy) is 3. The van der Waals surface area contributed by atoms with Gasteiger partial charge in [0, 0.05) is 19.3 Å². The van der Waals surface area contributed by atoms with Gasteiger partial charge in [0.05, 0.1) is 0 Å². The van der Waals surface area contributed by atoms with E-state index in [1.165, 1.54) is 116 Å². The summed E-state index contributed by atoms with van der Waals surface area (Å²) in [5.41, 5.74) is 0. The molecule has 0 heterocycles. The number of rotatable bonds is 50. The van der Waals surface area contributed by atoms with Gasteiger partial charge in [-0.2, -0.15) is 0 Å². The van der Waals surface area contributed by atoms with Gasteiger partial charge in [-0.15, -0.1) is 0 Å². The fourth-order valence-electron chi connectivity index (χ4n) is 7.63. The summed E-state index contributed by atoms with van der Waals surface area (Å²) in [6, 6.07) is 0. The smallest absolute Gasteiger partial charge is 0.306 e. The molecule has 0 aliphatic carbocycles. The molecule has 1 atom stereocenters. The Bertz CT molecular complexity index is 1300. The van der Waals surface area contributed by atoms with Gasteiger partial charge < -0.3 is 14.2 Å². The summed E-state index contributed by atoms with van der Waals surface area (Å²) in [5, 5.41) is 0. The highest BCUT2D eigenvalue weighted by Gasteiger charge is 2.19. The highest BCUT2D eigenvalue weighted by molar-refractivity contribution is 5.71. The minimum Gasteiger partial charge on any atom is -0.462 e. The summed E-state index contributed by atoms with van der Waals surface area (Å²) in [4.78, 5) is 38.1. The Labute approximate surface area is 414 Å². The predicted molar refractivity (Wildman–Crippen MR) is 288 cm³/mol. The fourth-order valence-corrected chi connectivity index (χ4v) is 7.63. The van der Waals surface area contributed by atoms with Gasteiger partial charge in [-0.25, -0.2) is 0 Å². The van der Waals surface area contributed by atoms with Gasteiger partial charge in [-0.1, -0.05) is 215 Å². The molecule has 67 heavy (non-hydrogen) atoms. The lowest BCUT2D eigenvalue weighted by molar-refractivity contribution is -0.167. The van der Waals surface area contributed by atoms with Crippen molar-refractivity contribution in [1.29, 1.82) is 0 Å². The van der Waals surface area contributed by atoms with Crippen molar-refractivity contribution in [2.45, 2.75) is 271 Å². The summed E-state index contributed by atoms with van der Waals surface area (Å²) >= 11 is 0. The summed E-state index contributed by atoms with van der Waals surface area (Å²) in [6.07, 6.45) is 71.3. The average Bonchev–Trinajstić information content (AvgIpc) is 3.33. The molecule has 0 spiro atoms. The van der Waals surface area contributed by atoms with Gasteiger partial charge >= 0.3 is 17.9 Å². The third-order valence-electron chi connectivity index (χ3n) is 11.9. The quantitative estimate of drug-likeness (QED) is 0.0262. The van der Waals surface area contributed by atoms with Gasteiger partial charge in [-0.05, 0) is 116 Å². The van der Waals surface area contributed by atoms with E-state index >= 15 is 0 Å². The molecule has 0 radical (unpaired) electrons. The third kappa shape index (κ3) is 53.4. The van der Waals surface area contributed by atoms with E-state index in [0.29, 0.717) is 19.3 Å². The van der Waals surface area contributed by atoms with Crippen LogP contribution in [-0.4, -0.2) is 37.2 Å². The van der Waals surface area contributed by atoms with Crippen LogP contribution < -0.4 is 0 Å². The molecule has 0 aliphatic heterocycles. The SMILES string of the molecule is CC/C=C\C/C=C\C/C=C\C/C=C\CCCCCCCCC(=O)OCC(COC(=O)CCCCCCC/C=C\CCCCC)OC(=O)CCCCCCCCC/C=C\C/C=C\CCCCCC. The van der Waals surface area contributed by atoms with E-state index in [1.54, 1.807) is 0 Å². The van der Waals surface area contributed by atoms with Crippen molar-refractivity contribution >= 4 is 17.9 Å². The first-order valence-corrected chi connectivity index (χ1v) is 28.1. The van der Waals surface area contributed by atoms with E-state index in [4.69, 9.17) is 14.2 Å². The molecule has 0 aromatic carbocycles. The zero-order chi connectivity index (χ0) is 48.6. The molecule has 6 heteroatoms. The maximum absolute atomic E-state index is 12.8. The molecule has 384 valence electrons. The van der Waals surface area contributed by atoms with E-state index < -0.39 is 6.10 Å². The molecule has 0 bridgehead atoms. The van der Waals surface area contributed by atoms with Gasteiger partial charge in [0.15, 0.2) is 6.10 Å². The van der Waals surface area contributed by atoms with Crippen LogP contribution in [0, 0.1) is 0 Å². The maximum Gasteiger partial charge on any atom is 0.306 e. The highest BCUT2D eigenvalue weighted by atomic mass is 16.6. The first kappa shape index (κ1) is 63.6. The Kier molecular flexibility index (Phi) is 52.4. The molecule has 0 N–H and O–H groups in total. The van der Waals surface area contributed by atoms with Crippen LogP contribution in [0.2, 0.25) is 0 Å². The number of allylic oxidation sites excluding steroid dienone is 14. The van der Waals surface area contributed by atoms with E-state index in [1.807, 2.05) is 0 Å². The fraction of sp³-hybridized carbons (Fsp3) is 0.721. The molecule has 0 amide bonds. The molecule has 0 rings (SSSR count). The van der Waals surface area contributed by atoms with Gasteiger partial charge in [0.25, 0.3) is 0 Å². The molecule has 0 saturated heterocycles. The summed E-state index contributed by atoms with van der Waals surface area (Å²) < 4.78 is 16.8. The molecule has 0 aliphatic rings. The highest BCUT2D eigenvalue weighted by Crippen LogP contribution is 2.14. The topological polar surface area (TPSA) is 78.9 Å². The van der Waals surface area contributed by atoms with Crippen LogP contribution >= 0.6 is 0 Å². The first-order valence-electron chi connectivity index (χ1n) is 28.1. The van der Waals surface area contributed by atoms with Crippen molar-refractivity contribution in [1.82, 2.24) is 0 Å². The second-order valence-electron chi connectivity index (χ2n) is 18.5. The lowest BCUT2D eigenvalue weighted by atomic mass is 10.1. The van der Waals surface area contributed by atoms with Crippen LogP contribution in [-0.2, 0) is 28.6 Å². The Hall–Kier alpha value is -3.41. The number of carbonyl (C=O) groups is 3. The zero-order valence-corrected chi connectivity index (χ0v) is 43.9. The van der Waals surface area contributed by atoms with Gasteiger partial charge in [-0.3, -0.25) is 14.4 Å². The monoisotopic (exact) mass is 933 g/mol. The number of hydrogen-bond donors (Lipinski definition) is 0. The standard InChI is InChI=1S/C61H104O6/c1-4-7-10-13-16-19-22-25-27-29-31-33-34-36-39-42-45-48-51-54-60(63)66-57-58(56-65-59(62)53-50-47-44-41-38-24-21-18-15-12-9-6-3)67-61(64)55-52-49-46-43-40-37-35-32-30-28-26-23-20-17-14-11-8-5-2/h7,10,16,18-21,23,25,27-28,30-31,33,58H,4-6,8-9,11-15,17,22,24,26,29,32,34-57H2,1-3H3/b10-7-,19-16-,21-18-,23-20-,27-25-,30-28-,33-31-. The van der Waals surface area contributed by atoms with Crippen LogP contribution in [0.25, 0.3) is 0 Å². The molecule has 0 saturated carbocycles. The van der Waals surface area contributed by atoms with Crippen molar-refractivity contribution in [2.75, 3.05) is 13.2 Å². The van der Waals surface area contributed by atoms with Crippen molar-refractivity contribution < 1.29 is 28.6 Å². The van der Waals surface area contributed by atoms with Crippen LogP contribution in [0.5, 0.6) is 0 Å². The second kappa shape index (κ2) is 55.2. The van der Waals surface area contributed by atoms with Gasteiger partial charge in [0.1, 0.15) is 13.2 Å². The molecule has 0 aromatic rings. The number of hydrogen-bond acceptors (Lipinski definition) is 6.